The Kier molecular flexibility index (Phi) is 10.3. The standard InChI is InChI=1S/C34H34N4O7S2/c1-20-28(19-46-34-37-36-21(2)47-34)44-32(45-30(20)24-10-8-22(17-39)9-11-24)25-12-14-26(15-13-25)38-29(40)16-27(31(38)41)35-33(42)43-18-23-6-4-3-5-7-23/h3-15,20,27-28,30,32,39H,16-19H2,1-2H3,(H,35,42)/t20-,27?,28+,30+,32+/m0/s1. The summed E-state index contributed by atoms with van der Waals surface area (Å²) in [7, 11) is 0. The predicted octanol–water partition coefficient (Wildman–Crippen LogP) is 5.48. The number of carbonyl (C=O) groups is 3. The van der Waals surface area contributed by atoms with Crippen LogP contribution >= 0.6 is 23.1 Å². The van der Waals surface area contributed by atoms with E-state index in [-0.39, 0.29) is 37.8 Å². The maximum atomic E-state index is 13.2. The molecule has 6 rings (SSSR count). The first-order valence-corrected chi connectivity index (χ1v) is 17.0. The number of imide groups is 1. The van der Waals surface area contributed by atoms with E-state index in [4.69, 9.17) is 14.2 Å². The molecular weight excluding hydrogens is 641 g/mol. The fraction of sp³-hybridized carbons (Fsp3) is 0.324. The molecule has 2 aliphatic heterocycles. The van der Waals surface area contributed by atoms with Crippen LogP contribution in [0.5, 0.6) is 0 Å². The van der Waals surface area contributed by atoms with Gasteiger partial charge in [0.05, 0.1) is 30.9 Å². The molecule has 47 heavy (non-hydrogen) atoms. The van der Waals surface area contributed by atoms with Crippen LogP contribution in [0.25, 0.3) is 0 Å². The lowest BCUT2D eigenvalue weighted by molar-refractivity contribution is -0.268. The minimum atomic E-state index is -1.02. The topological polar surface area (TPSA) is 140 Å². The summed E-state index contributed by atoms with van der Waals surface area (Å²) in [5.74, 6) is -0.326. The van der Waals surface area contributed by atoms with Gasteiger partial charge in [-0.15, -0.1) is 10.2 Å². The van der Waals surface area contributed by atoms with Crippen molar-refractivity contribution in [1.82, 2.24) is 15.5 Å². The average molecular weight is 675 g/mol. The number of benzene rings is 3. The second-order valence-corrected chi connectivity index (χ2v) is 13.8. The van der Waals surface area contributed by atoms with Crippen LogP contribution in [0.3, 0.4) is 0 Å². The van der Waals surface area contributed by atoms with E-state index in [1.807, 2.05) is 61.5 Å². The lowest BCUT2D eigenvalue weighted by Crippen LogP contribution is -2.42. The average Bonchev–Trinajstić information content (AvgIpc) is 3.64. The number of anilines is 1. The van der Waals surface area contributed by atoms with Gasteiger partial charge in [-0.1, -0.05) is 96.8 Å². The molecule has 13 heteroatoms. The monoisotopic (exact) mass is 674 g/mol. The summed E-state index contributed by atoms with van der Waals surface area (Å²) >= 11 is 3.12. The fourth-order valence-corrected chi connectivity index (χ4v) is 7.51. The van der Waals surface area contributed by atoms with Crippen molar-refractivity contribution in [3.63, 3.8) is 0 Å². The van der Waals surface area contributed by atoms with Gasteiger partial charge in [-0.2, -0.15) is 0 Å². The Morgan fingerprint density at radius 3 is 2.40 bits per heavy atom. The van der Waals surface area contributed by atoms with Gasteiger partial charge in [0, 0.05) is 17.2 Å². The van der Waals surface area contributed by atoms with Gasteiger partial charge in [0.1, 0.15) is 17.7 Å². The molecule has 5 atom stereocenters. The Morgan fingerprint density at radius 2 is 1.72 bits per heavy atom. The van der Waals surface area contributed by atoms with Crippen molar-refractivity contribution in [2.45, 2.75) is 62.4 Å². The van der Waals surface area contributed by atoms with E-state index in [1.165, 1.54) is 11.3 Å². The van der Waals surface area contributed by atoms with Gasteiger partial charge < -0.3 is 24.6 Å². The Hall–Kier alpha value is -4.14. The van der Waals surface area contributed by atoms with Crippen molar-refractivity contribution < 1.29 is 33.7 Å². The summed E-state index contributed by atoms with van der Waals surface area (Å²) in [6, 6.07) is 22.7. The van der Waals surface area contributed by atoms with E-state index in [9.17, 15) is 19.5 Å². The number of aliphatic hydroxyl groups excluding tert-OH is 1. The van der Waals surface area contributed by atoms with E-state index in [2.05, 4.69) is 22.4 Å². The molecular formula is C34H34N4O7S2. The normalized spacial score (nSPS) is 22.8. The number of nitrogens with zero attached hydrogens (tertiary/aromatic N) is 3. The fourth-order valence-electron chi connectivity index (χ4n) is 5.50. The number of alkyl carbamates (subject to hydrolysis) is 1. The highest BCUT2D eigenvalue weighted by molar-refractivity contribution is 8.01. The van der Waals surface area contributed by atoms with E-state index < -0.39 is 30.2 Å². The number of hydrogen-bond donors (Lipinski definition) is 2. The van der Waals surface area contributed by atoms with Crippen LogP contribution in [0.2, 0.25) is 0 Å². The smallest absolute Gasteiger partial charge is 0.408 e. The van der Waals surface area contributed by atoms with Gasteiger partial charge in [-0.25, -0.2) is 9.69 Å². The number of aliphatic hydroxyl groups is 1. The number of hydrogen-bond acceptors (Lipinski definition) is 11. The summed E-state index contributed by atoms with van der Waals surface area (Å²) in [6.07, 6.45) is -2.15. The SMILES string of the molecule is Cc1nnc(SC[C@H]2O[C@@H](c3ccc(N4C(=O)CC(NC(=O)OCc5ccccc5)C4=O)cc3)O[C@@H](c3ccc(CO)cc3)[C@H]2C)s1. The molecule has 2 N–H and O–H groups in total. The molecule has 0 saturated carbocycles. The molecule has 4 aromatic rings. The van der Waals surface area contributed by atoms with Gasteiger partial charge >= 0.3 is 6.09 Å². The number of aromatic nitrogens is 2. The highest BCUT2D eigenvalue weighted by Crippen LogP contribution is 2.43. The molecule has 244 valence electrons. The third-order valence-electron chi connectivity index (χ3n) is 8.08. The summed E-state index contributed by atoms with van der Waals surface area (Å²) < 4.78 is 19.1. The lowest BCUT2D eigenvalue weighted by Gasteiger charge is -2.41. The quantitative estimate of drug-likeness (QED) is 0.164. The van der Waals surface area contributed by atoms with Gasteiger partial charge in [0.2, 0.25) is 5.91 Å². The number of carbonyl (C=O) groups excluding carboxylic acids is 3. The molecule has 3 amide bonds. The molecule has 0 aliphatic carbocycles. The largest absolute Gasteiger partial charge is 0.445 e. The maximum absolute atomic E-state index is 13.2. The van der Waals surface area contributed by atoms with Crippen molar-refractivity contribution in [2.75, 3.05) is 10.7 Å². The van der Waals surface area contributed by atoms with Gasteiger partial charge in [-0.3, -0.25) is 9.59 Å². The zero-order valence-corrected chi connectivity index (χ0v) is 27.4. The number of ether oxygens (including phenoxy) is 3. The first kappa shape index (κ1) is 32.8. The van der Waals surface area contributed by atoms with Crippen LogP contribution in [-0.4, -0.2) is 51.1 Å². The number of rotatable bonds is 10. The molecule has 2 saturated heterocycles. The third-order valence-corrected chi connectivity index (χ3v) is 10.1. The molecule has 0 radical (unpaired) electrons. The molecule has 1 aromatic heterocycles. The zero-order valence-electron chi connectivity index (χ0n) is 25.8. The first-order chi connectivity index (χ1) is 22.8. The van der Waals surface area contributed by atoms with Crippen LogP contribution in [0, 0.1) is 12.8 Å². The number of nitrogens with one attached hydrogen (secondary N) is 1. The lowest BCUT2D eigenvalue weighted by atomic mass is 9.91. The molecule has 0 spiro atoms. The summed E-state index contributed by atoms with van der Waals surface area (Å²) in [4.78, 5) is 39.5. The minimum Gasteiger partial charge on any atom is -0.445 e. The molecule has 0 bridgehead atoms. The Bertz CT molecular complexity index is 1700. The van der Waals surface area contributed by atoms with Crippen LogP contribution in [0.15, 0.2) is 83.2 Å². The van der Waals surface area contributed by atoms with Crippen molar-refractivity contribution in [1.29, 1.82) is 0 Å². The Labute approximate surface area is 280 Å². The van der Waals surface area contributed by atoms with E-state index >= 15 is 0 Å². The van der Waals surface area contributed by atoms with Crippen LogP contribution < -0.4 is 10.2 Å². The zero-order chi connectivity index (χ0) is 32.9. The molecule has 2 fully saturated rings. The highest BCUT2D eigenvalue weighted by Gasteiger charge is 2.42. The second kappa shape index (κ2) is 14.7. The first-order valence-electron chi connectivity index (χ1n) is 15.2. The van der Waals surface area contributed by atoms with Gasteiger partial charge in [0.15, 0.2) is 10.6 Å². The van der Waals surface area contributed by atoms with Crippen LogP contribution in [0.4, 0.5) is 10.5 Å². The van der Waals surface area contributed by atoms with Crippen LogP contribution in [0.1, 0.15) is 53.0 Å². The van der Waals surface area contributed by atoms with Crippen molar-refractivity contribution in [3.05, 3.63) is 106 Å². The van der Waals surface area contributed by atoms with Gasteiger partial charge in [0.25, 0.3) is 5.91 Å². The second-order valence-electron chi connectivity index (χ2n) is 11.3. The van der Waals surface area contributed by atoms with Crippen molar-refractivity contribution in [3.8, 4) is 0 Å². The van der Waals surface area contributed by atoms with Crippen LogP contribution in [-0.2, 0) is 37.0 Å². The Balaban J connectivity index is 1.14. The van der Waals surface area contributed by atoms with Crippen molar-refractivity contribution >= 4 is 46.7 Å². The minimum absolute atomic E-state index is 0.00400. The maximum Gasteiger partial charge on any atom is 0.408 e. The number of thioether (sulfide) groups is 1. The number of aryl methyl sites for hydroxylation is 1. The predicted molar refractivity (Wildman–Crippen MR) is 175 cm³/mol. The van der Waals surface area contributed by atoms with E-state index in [0.29, 0.717) is 11.4 Å². The highest BCUT2D eigenvalue weighted by atomic mass is 32.2. The molecule has 11 nitrogen and oxygen atoms in total. The Morgan fingerprint density at radius 1 is 1.00 bits per heavy atom. The third kappa shape index (κ3) is 7.71. The van der Waals surface area contributed by atoms with Gasteiger partial charge in [-0.05, 0) is 35.7 Å². The summed E-state index contributed by atoms with van der Waals surface area (Å²) in [5, 5.41) is 21.3. The van der Waals surface area contributed by atoms with Crippen molar-refractivity contribution in [2.24, 2.45) is 5.92 Å². The molecule has 1 unspecified atom stereocenters. The molecule has 3 aromatic carbocycles. The molecule has 2 aliphatic rings. The van der Waals surface area contributed by atoms with E-state index in [0.717, 1.165) is 36.5 Å². The summed E-state index contributed by atoms with van der Waals surface area (Å²) in [5.41, 5.74) is 3.69. The number of amides is 3. The summed E-state index contributed by atoms with van der Waals surface area (Å²) in [6.45, 7) is 4.01. The molecule has 3 heterocycles. The van der Waals surface area contributed by atoms with E-state index in [1.54, 1.807) is 36.0 Å².